The molecule has 2 aromatic rings. The Morgan fingerprint density at radius 1 is 1.50 bits per heavy atom. The van der Waals surface area contributed by atoms with Crippen LogP contribution in [0.4, 0.5) is 9.18 Å². The van der Waals surface area contributed by atoms with E-state index in [4.69, 9.17) is 0 Å². The van der Waals surface area contributed by atoms with Gasteiger partial charge >= 0.3 is 6.03 Å². The molecule has 3 N–H and O–H groups in total. The standard InChI is InChI=1S/C17H21FN4OS/c1-11-12(10-20-22-11)4-3-8-19-17(23)21-15-7-9-24-16-13(15)5-2-6-14(16)18/h2,5-6,10,15H,3-4,7-9H2,1H3,(H,20,22)(H2,19,21,23). The van der Waals surface area contributed by atoms with E-state index in [1.165, 1.54) is 23.4 Å². The molecule has 1 aromatic heterocycles. The molecule has 0 saturated carbocycles. The normalized spacial score (nSPS) is 16.5. The molecule has 5 nitrogen and oxygen atoms in total. The van der Waals surface area contributed by atoms with E-state index in [2.05, 4.69) is 20.8 Å². The molecule has 0 saturated heterocycles. The van der Waals surface area contributed by atoms with E-state index in [0.29, 0.717) is 11.4 Å². The second-order valence-corrected chi connectivity index (χ2v) is 6.98. The van der Waals surface area contributed by atoms with Gasteiger partial charge in [-0.05, 0) is 43.4 Å². The number of hydrogen-bond donors (Lipinski definition) is 3. The summed E-state index contributed by atoms with van der Waals surface area (Å²) in [7, 11) is 0. The quantitative estimate of drug-likeness (QED) is 0.726. The minimum absolute atomic E-state index is 0.131. The number of H-pyrrole nitrogens is 1. The van der Waals surface area contributed by atoms with Crippen LogP contribution in [0.5, 0.6) is 0 Å². The molecule has 0 bridgehead atoms. The Hall–Kier alpha value is -2.02. The van der Waals surface area contributed by atoms with Crippen LogP contribution in [-0.2, 0) is 6.42 Å². The topological polar surface area (TPSA) is 69.8 Å². The Kier molecular flexibility index (Phi) is 5.40. The fourth-order valence-corrected chi connectivity index (χ4v) is 3.99. The first-order chi connectivity index (χ1) is 11.6. The van der Waals surface area contributed by atoms with Crippen LogP contribution in [0.3, 0.4) is 0 Å². The third-order valence-electron chi connectivity index (χ3n) is 4.17. The zero-order valence-electron chi connectivity index (χ0n) is 13.6. The fourth-order valence-electron chi connectivity index (χ4n) is 2.85. The van der Waals surface area contributed by atoms with Crippen molar-refractivity contribution < 1.29 is 9.18 Å². The lowest BCUT2D eigenvalue weighted by Crippen LogP contribution is -2.39. The molecule has 7 heteroatoms. The van der Waals surface area contributed by atoms with E-state index in [1.54, 1.807) is 6.07 Å². The van der Waals surface area contributed by atoms with Gasteiger partial charge in [0.15, 0.2) is 0 Å². The summed E-state index contributed by atoms with van der Waals surface area (Å²) in [5.41, 5.74) is 3.11. The maximum atomic E-state index is 13.8. The van der Waals surface area contributed by atoms with E-state index in [-0.39, 0.29) is 17.9 Å². The summed E-state index contributed by atoms with van der Waals surface area (Å²) in [5.74, 6) is 0.596. The number of amides is 2. The monoisotopic (exact) mass is 348 g/mol. The van der Waals surface area contributed by atoms with Gasteiger partial charge in [-0.25, -0.2) is 9.18 Å². The first kappa shape index (κ1) is 16.8. The zero-order valence-corrected chi connectivity index (χ0v) is 14.4. The number of thioether (sulfide) groups is 1. The average molecular weight is 348 g/mol. The van der Waals surface area contributed by atoms with Gasteiger partial charge in [-0.1, -0.05) is 12.1 Å². The van der Waals surface area contributed by atoms with Gasteiger partial charge in [-0.2, -0.15) is 5.10 Å². The predicted molar refractivity (Wildman–Crippen MR) is 92.7 cm³/mol. The third kappa shape index (κ3) is 3.90. The van der Waals surface area contributed by atoms with Crippen molar-refractivity contribution in [3.05, 3.63) is 47.0 Å². The van der Waals surface area contributed by atoms with Crippen LogP contribution in [0.2, 0.25) is 0 Å². The maximum Gasteiger partial charge on any atom is 0.315 e. The van der Waals surface area contributed by atoms with Crippen LogP contribution in [0.15, 0.2) is 29.3 Å². The Bertz CT molecular complexity index is 718. The molecule has 3 rings (SSSR count). The number of aromatic nitrogens is 2. The molecule has 0 radical (unpaired) electrons. The zero-order chi connectivity index (χ0) is 16.9. The summed E-state index contributed by atoms with van der Waals surface area (Å²) in [6.45, 7) is 2.58. The molecule has 2 heterocycles. The maximum absolute atomic E-state index is 13.8. The number of nitrogens with one attached hydrogen (secondary N) is 3. The number of aryl methyl sites for hydroxylation is 2. The molecule has 1 aromatic carbocycles. The van der Waals surface area contributed by atoms with E-state index in [9.17, 15) is 9.18 Å². The van der Waals surface area contributed by atoms with Crippen molar-refractivity contribution in [3.8, 4) is 0 Å². The van der Waals surface area contributed by atoms with Gasteiger partial charge in [0.25, 0.3) is 0 Å². The van der Waals surface area contributed by atoms with Gasteiger partial charge in [-0.15, -0.1) is 11.8 Å². The van der Waals surface area contributed by atoms with Crippen LogP contribution < -0.4 is 10.6 Å². The summed E-state index contributed by atoms with van der Waals surface area (Å²) < 4.78 is 13.8. The minimum Gasteiger partial charge on any atom is -0.338 e. The van der Waals surface area contributed by atoms with Crippen LogP contribution in [0, 0.1) is 12.7 Å². The summed E-state index contributed by atoms with van der Waals surface area (Å²) in [6.07, 6.45) is 4.35. The average Bonchev–Trinajstić information content (AvgIpc) is 2.98. The van der Waals surface area contributed by atoms with E-state index in [0.717, 1.165) is 36.3 Å². The Labute approximate surface area is 144 Å². The minimum atomic E-state index is -0.208. The van der Waals surface area contributed by atoms with Gasteiger partial charge in [0, 0.05) is 22.9 Å². The van der Waals surface area contributed by atoms with Crippen molar-refractivity contribution in [2.75, 3.05) is 12.3 Å². The number of nitrogens with zero attached hydrogens (tertiary/aromatic N) is 1. The highest BCUT2D eigenvalue weighted by atomic mass is 32.2. The molecule has 128 valence electrons. The van der Waals surface area contributed by atoms with Crippen molar-refractivity contribution in [1.29, 1.82) is 0 Å². The van der Waals surface area contributed by atoms with E-state index in [1.807, 2.05) is 19.2 Å². The number of halogens is 1. The summed E-state index contributed by atoms with van der Waals surface area (Å²) >= 11 is 1.51. The molecule has 1 aliphatic heterocycles. The van der Waals surface area contributed by atoms with Gasteiger partial charge < -0.3 is 10.6 Å². The van der Waals surface area contributed by atoms with Crippen molar-refractivity contribution >= 4 is 17.8 Å². The number of benzene rings is 1. The first-order valence-corrected chi connectivity index (χ1v) is 9.08. The highest BCUT2D eigenvalue weighted by Crippen LogP contribution is 2.37. The van der Waals surface area contributed by atoms with Crippen LogP contribution in [0.25, 0.3) is 0 Å². The fraction of sp³-hybridized carbons (Fsp3) is 0.412. The van der Waals surface area contributed by atoms with Crippen molar-refractivity contribution in [2.45, 2.75) is 37.1 Å². The van der Waals surface area contributed by atoms with E-state index < -0.39 is 0 Å². The van der Waals surface area contributed by atoms with Gasteiger partial charge in [-0.3, -0.25) is 5.10 Å². The number of rotatable bonds is 5. The molecule has 1 unspecified atom stereocenters. The Morgan fingerprint density at radius 2 is 2.38 bits per heavy atom. The number of urea groups is 1. The molecule has 1 aliphatic rings. The molecular formula is C17H21FN4OS. The number of hydrogen-bond acceptors (Lipinski definition) is 3. The van der Waals surface area contributed by atoms with Crippen molar-refractivity contribution in [1.82, 2.24) is 20.8 Å². The number of carbonyl (C=O) groups is 1. The molecular weight excluding hydrogens is 327 g/mol. The molecule has 0 aliphatic carbocycles. The predicted octanol–water partition coefficient (Wildman–Crippen LogP) is 3.33. The number of carbonyl (C=O) groups excluding carboxylic acids is 1. The Balaban J connectivity index is 1.48. The Morgan fingerprint density at radius 3 is 3.17 bits per heavy atom. The SMILES string of the molecule is Cc1[nH]ncc1CCCNC(=O)NC1CCSc2c(F)cccc21. The summed E-state index contributed by atoms with van der Waals surface area (Å²) in [5, 5.41) is 12.7. The lowest BCUT2D eigenvalue weighted by molar-refractivity contribution is 0.236. The second-order valence-electron chi connectivity index (χ2n) is 5.87. The van der Waals surface area contributed by atoms with Crippen LogP contribution >= 0.6 is 11.8 Å². The van der Waals surface area contributed by atoms with E-state index >= 15 is 0 Å². The summed E-state index contributed by atoms with van der Waals surface area (Å²) in [4.78, 5) is 12.7. The van der Waals surface area contributed by atoms with Gasteiger partial charge in [0.05, 0.1) is 12.2 Å². The molecule has 1 atom stereocenters. The van der Waals surface area contributed by atoms with Gasteiger partial charge in [0.1, 0.15) is 5.82 Å². The van der Waals surface area contributed by atoms with Crippen molar-refractivity contribution in [3.63, 3.8) is 0 Å². The van der Waals surface area contributed by atoms with Gasteiger partial charge in [0.2, 0.25) is 0 Å². The smallest absolute Gasteiger partial charge is 0.315 e. The molecule has 2 amide bonds. The third-order valence-corrected chi connectivity index (χ3v) is 5.33. The lowest BCUT2D eigenvalue weighted by Gasteiger charge is -2.26. The number of fused-ring (bicyclic) bond motifs is 1. The van der Waals surface area contributed by atoms with Crippen LogP contribution in [-0.4, -0.2) is 28.5 Å². The molecule has 24 heavy (non-hydrogen) atoms. The number of aromatic amines is 1. The molecule has 0 fully saturated rings. The second kappa shape index (κ2) is 7.70. The lowest BCUT2D eigenvalue weighted by atomic mass is 10.0. The summed E-state index contributed by atoms with van der Waals surface area (Å²) in [6, 6.07) is 4.71. The highest BCUT2D eigenvalue weighted by Gasteiger charge is 2.24. The largest absolute Gasteiger partial charge is 0.338 e. The highest BCUT2D eigenvalue weighted by molar-refractivity contribution is 7.99. The van der Waals surface area contributed by atoms with Crippen LogP contribution in [0.1, 0.15) is 35.7 Å². The first-order valence-electron chi connectivity index (χ1n) is 8.09. The molecule has 0 spiro atoms. The van der Waals surface area contributed by atoms with Crippen molar-refractivity contribution in [2.24, 2.45) is 0 Å².